The van der Waals surface area contributed by atoms with Gasteiger partial charge in [-0.1, -0.05) is 66.0 Å². The lowest BCUT2D eigenvalue weighted by Gasteiger charge is -2.65. The molecule has 6 rings (SSSR count). The summed E-state index contributed by atoms with van der Waals surface area (Å²) < 4.78 is 0. The van der Waals surface area contributed by atoms with Crippen LogP contribution in [0.3, 0.4) is 0 Å². The molecule has 0 saturated heterocycles. The van der Waals surface area contributed by atoms with Crippen molar-refractivity contribution in [1.29, 1.82) is 0 Å². The minimum Gasteiger partial charge on any atom is -0.0655 e. The average Bonchev–Trinajstić information content (AvgIpc) is 2.41. The van der Waals surface area contributed by atoms with E-state index >= 15 is 0 Å². The van der Waals surface area contributed by atoms with E-state index in [-0.39, 0.29) is 0 Å². The summed E-state index contributed by atoms with van der Waals surface area (Å²) in [5.41, 5.74) is 1.29. The SMILES string of the molecule is C[C@H]1[C@H]([B][C@@H]2C[C@H]3C[C@@H]([C@H]2C)C3(C)C)C[C@H]2C[C@@H]1C2(C)C. The van der Waals surface area contributed by atoms with E-state index in [0.29, 0.717) is 10.8 Å². The van der Waals surface area contributed by atoms with Gasteiger partial charge in [0.05, 0.1) is 0 Å². The van der Waals surface area contributed by atoms with E-state index in [9.17, 15) is 0 Å². The first-order valence-electron chi connectivity index (χ1n) is 9.58. The van der Waals surface area contributed by atoms with Gasteiger partial charge in [0.25, 0.3) is 0 Å². The molecule has 0 nitrogen and oxygen atoms in total. The summed E-state index contributed by atoms with van der Waals surface area (Å²) in [5, 5.41) is 0. The maximum Gasteiger partial charge on any atom is 0.118 e. The molecule has 8 atom stereocenters. The number of hydrogen-bond acceptors (Lipinski definition) is 0. The molecule has 6 fully saturated rings. The van der Waals surface area contributed by atoms with Crippen LogP contribution in [-0.2, 0) is 0 Å². The summed E-state index contributed by atoms with van der Waals surface area (Å²) in [5.74, 6) is 7.76. The van der Waals surface area contributed by atoms with Gasteiger partial charge in [-0.05, 0) is 59.2 Å². The molecule has 0 N–H and O–H groups in total. The molecule has 0 aromatic rings. The lowest BCUT2D eigenvalue weighted by atomic mass is 9.31. The summed E-state index contributed by atoms with van der Waals surface area (Å²) in [6.45, 7) is 15.2. The molecule has 0 unspecified atom stereocenters. The minimum absolute atomic E-state index is 0.645. The first kappa shape index (κ1) is 14.6. The average molecular weight is 285 g/mol. The quantitative estimate of drug-likeness (QED) is 0.573. The molecule has 0 aliphatic heterocycles. The van der Waals surface area contributed by atoms with Gasteiger partial charge >= 0.3 is 0 Å². The summed E-state index contributed by atoms with van der Waals surface area (Å²) in [4.78, 5) is 0. The molecule has 0 amide bonds. The second-order valence-electron chi connectivity index (χ2n) is 10.4. The van der Waals surface area contributed by atoms with Crippen molar-refractivity contribution in [3.8, 4) is 0 Å². The summed E-state index contributed by atoms with van der Waals surface area (Å²) >= 11 is 0. The normalized spacial score (nSPS) is 56.1. The van der Waals surface area contributed by atoms with Gasteiger partial charge in [0, 0.05) is 0 Å². The van der Waals surface area contributed by atoms with Crippen molar-refractivity contribution in [3.05, 3.63) is 0 Å². The zero-order chi connectivity index (χ0) is 15.2. The first-order valence-corrected chi connectivity index (χ1v) is 9.58. The maximum absolute atomic E-state index is 2.86. The van der Waals surface area contributed by atoms with Crippen molar-refractivity contribution in [1.82, 2.24) is 0 Å². The van der Waals surface area contributed by atoms with Gasteiger partial charge in [-0.15, -0.1) is 0 Å². The predicted molar refractivity (Wildman–Crippen MR) is 91.6 cm³/mol. The highest BCUT2D eigenvalue weighted by atomic mass is 14.6. The third-order valence-electron chi connectivity index (χ3n) is 9.32. The van der Waals surface area contributed by atoms with Crippen LogP contribution in [0.15, 0.2) is 0 Å². The van der Waals surface area contributed by atoms with Crippen molar-refractivity contribution in [3.63, 3.8) is 0 Å². The van der Waals surface area contributed by atoms with E-state index in [0.717, 1.165) is 47.1 Å². The Hall–Kier alpha value is 0.0649. The largest absolute Gasteiger partial charge is 0.118 e. The highest BCUT2D eigenvalue weighted by Gasteiger charge is 2.59. The minimum atomic E-state index is 0.645. The van der Waals surface area contributed by atoms with Gasteiger partial charge in [0.15, 0.2) is 0 Å². The topological polar surface area (TPSA) is 0 Å². The second-order valence-corrected chi connectivity index (χ2v) is 10.4. The van der Waals surface area contributed by atoms with Crippen LogP contribution in [0.5, 0.6) is 0 Å². The van der Waals surface area contributed by atoms with Crippen LogP contribution in [0.4, 0.5) is 0 Å². The van der Waals surface area contributed by atoms with Crippen LogP contribution in [-0.4, -0.2) is 7.28 Å². The van der Waals surface area contributed by atoms with Crippen LogP contribution in [0, 0.1) is 46.3 Å². The molecule has 6 aliphatic carbocycles. The van der Waals surface area contributed by atoms with Crippen molar-refractivity contribution in [2.75, 3.05) is 0 Å². The van der Waals surface area contributed by atoms with E-state index in [1.54, 1.807) is 0 Å². The molecular weight excluding hydrogens is 251 g/mol. The fourth-order valence-electron chi connectivity index (χ4n) is 7.21. The van der Waals surface area contributed by atoms with Crippen LogP contribution in [0.2, 0.25) is 11.6 Å². The van der Waals surface area contributed by atoms with Crippen molar-refractivity contribution in [2.45, 2.75) is 78.9 Å². The Morgan fingerprint density at radius 2 is 1.05 bits per heavy atom. The van der Waals surface area contributed by atoms with Crippen LogP contribution in [0.25, 0.3) is 0 Å². The van der Waals surface area contributed by atoms with Gasteiger partial charge < -0.3 is 0 Å². The monoisotopic (exact) mass is 285 g/mol. The Balaban J connectivity index is 1.42. The third kappa shape index (κ3) is 1.81. The van der Waals surface area contributed by atoms with E-state index < -0.39 is 0 Å². The van der Waals surface area contributed by atoms with Crippen LogP contribution < -0.4 is 0 Å². The molecule has 0 heterocycles. The molecule has 117 valence electrons. The van der Waals surface area contributed by atoms with Crippen molar-refractivity contribution in [2.24, 2.45) is 46.3 Å². The summed E-state index contributed by atoms with van der Waals surface area (Å²) in [7, 11) is 2.86. The Kier molecular flexibility index (Phi) is 3.02. The van der Waals surface area contributed by atoms with Crippen LogP contribution in [0.1, 0.15) is 67.2 Å². The van der Waals surface area contributed by atoms with Gasteiger partial charge in [0.1, 0.15) is 7.28 Å². The van der Waals surface area contributed by atoms with Crippen molar-refractivity contribution < 1.29 is 0 Å². The van der Waals surface area contributed by atoms with Gasteiger partial charge in [0.2, 0.25) is 0 Å². The smallest absolute Gasteiger partial charge is 0.0655 e. The third-order valence-corrected chi connectivity index (χ3v) is 9.32. The Labute approximate surface area is 133 Å². The molecule has 0 aromatic heterocycles. The zero-order valence-electron chi connectivity index (χ0n) is 15.0. The van der Waals surface area contributed by atoms with E-state index in [1.165, 1.54) is 25.7 Å². The van der Waals surface area contributed by atoms with E-state index in [2.05, 4.69) is 48.8 Å². The van der Waals surface area contributed by atoms with E-state index in [1.807, 2.05) is 0 Å². The highest BCUT2D eigenvalue weighted by Crippen LogP contribution is 2.68. The number of fused-ring (bicyclic) bond motifs is 4. The fourth-order valence-corrected chi connectivity index (χ4v) is 7.21. The molecule has 0 spiro atoms. The lowest BCUT2D eigenvalue weighted by Crippen LogP contribution is -2.57. The standard InChI is InChI=1S/C20H34B/c1-11-15-7-13(19(15,3)4)9-17(11)21-18-10-14-8-16(12(18)2)20(14,5)6/h11-18H,7-10H2,1-6H3/t11-,12-,13-,14-,15+,16+,17-,18-/m1/s1. The highest BCUT2D eigenvalue weighted by molar-refractivity contribution is 6.40. The van der Waals surface area contributed by atoms with E-state index in [4.69, 9.17) is 0 Å². The second kappa shape index (κ2) is 4.32. The molecular formula is C20H34B. The molecule has 1 radical (unpaired) electrons. The fraction of sp³-hybridized carbons (Fsp3) is 1.00. The van der Waals surface area contributed by atoms with Crippen LogP contribution >= 0.6 is 0 Å². The summed E-state index contributed by atoms with van der Waals surface area (Å²) in [6.07, 6.45) is 6.03. The van der Waals surface area contributed by atoms with Gasteiger partial charge in [-0.25, -0.2) is 0 Å². The van der Waals surface area contributed by atoms with Crippen molar-refractivity contribution >= 4 is 7.28 Å². The predicted octanol–water partition coefficient (Wildman–Crippen LogP) is 5.67. The molecule has 1 heteroatoms. The summed E-state index contributed by atoms with van der Waals surface area (Å²) in [6, 6.07) is 0. The Morgan fingerprint density at radius 1 is 0.667 bits per heavy atom. The molecule has 21 heavy (non-hydrogen) atoms. The molecule has 6 saturated carbocycles. The number of hydrogen-bond donors (Lipinski definition) is 0. The zero-order valence-corrected chi connectivity index (χ0v) is 15.0. The molecule has 6 aliphatic rings. The number of rotatable bonds is 2. The van der Waals surface area contributed by atoms with Gasteiger partial charge in [-0.3, -0.25) is 0 Å². The van der Waals surface area contributed by atoms with Gasteiger partial charge in [-0.2, -0.15) is 0 Å². The first-order chi connectivity index (χ1) is 9.73. The Morgan fingerprint density at radius 3 is 1.33 bits per heavy atom. The molecule has 4 bridgehead atoms. The lowest BCUT2D eigenvalue weighted by molar-refractivity contribution is -0.106. The molecule has 0 aromatic carbocycles. The maximum atomic E-state index is 2.86. The Bertz CT molecular complexity index is 397.